The fourth-order valence-corrected chi connectivity index (χ4v) is 1.48. The van der Waals surface area contributed by atoms with E-state index >= 15 is 0 Å². The van der Waals surface area contributed by atoms with Crippen molar-refractivity contribution in [2.24, 2.45) is 7.05 Å². The largest absolute Gasteiger partial charge is 0.382 e. The van der Waals surface area contributed by atoms with E-state index in [1.54, 1.807) is 18.6 Å². The number of nitrogens with one attached hydrogen (secondary N) is 1. The van der Waals surface area contributed by atoms with E-state index in [2.05, 4.69) is 20.5 Å². The lowest BCUT2D eigenvalue weighted by Crippen LogP contribution is -2.09. The maximum atomic E-state index is 8.87. The SMILES string of the molecule is Cn1cnnc1CCNc1cccnc1C#N. The molecule has 0 amide bonds. The average Bonchev–Trinajstić information content (AvgIpc) is 2.76. The molecule has 2 heterocycles. The number of nitrogens with zero attached hydrogens (tertiary/aromatic N) is 5. The molecule has 0 aliphatic heterocycles. The van der Waals surface area contributed by atoms with Crippen LogP contribution in [0, 0.1) is 11.3 Å². The Bertz CT molecular complexity index is 539. The summed E-state index contributed by atoms with van der Waals surface area (Å²) in [6.45, 7) is 0.687. The van der Waals surface area contributed by atoms with Crippen LogP contribution in [0.3, 0.4) is 0 Å². The molecule has 86 valence electrons. The molecule has 0 atom stereocenters. The van der Waals surface area contributed by atoms with Gasteiger partial charge in [0.2, 0.25) is 0 Å². The van der Waals surface area contributed by atoms with Crippen molar-refractivity contribution in [3.05, 3.63) is 36.2 Å². The molecule has 0 aliphatic carbocycles. The number of hydrogen-bond acceptors (Lipinski definition) is 5. The van der Waals surface area contributed by atoms with Gasteiger partial charge in [-0.15, -0.1) is 10.2 Å². The molecule has 0 spiro atoms. The molecule has 2 aromatic rings. The molecule has 0 bridgehead atoms. The van der Waals surface area contributed by atoms with Crippen molar-refractivity contribution in [3.63, 3.8) is 0 Å². The van der Waals surface area contributed by atoms with Crippen molar-refractivity contribution in [2.75, 3.05) is 11.9 Å². The maximum Gasteiger partial charge on any atom is 0.163 e. The van der Waals surface area contributed by atoms with Gasteiger partial charge >= 0.3 is 0 Å². The second-order valence-electron chi connectivity index (χ2n) is 3.55. The van der Waals surface area contributed by atoms with Crippen molar-refractivity contribution >= 4 is 5.69 Å². The molecule has 0 saturated carbocycles. The van der Waals surface area contributed by atoms with E-state index in [0.29, 0.717) is 12.2 Å². The summed E-state index contributed by atoms with van der Waals surface area (Å²) < 4.78 is 1.87. The Labute approximate surface area is 98.9 Å². The monoisotopic (exact) mass is 228 g/mol. The summed E-state index contributed by atoms with van der Waals surface area (Å²) in [6.07, 6.45) is 4.02. The molecule has 1 N–H and O–H groups in total. The number of rotatable bonds is 4. The van der Waals surface area contributed by atoms with Gasteiger partial charge in [0.1, 0.15) is 18.2 Å². The first-order chi connectivity index (χ1) is 8.31. The quantitative estimate of drug-likeness (QED) is 0.834. The zero-order chi connectivity index (χ0) is 12.1. The van der Waals surface area contributed by atoms with Gasteiger partial charge in [-0.05, 0) is 12.1 Å². The van der Waals surface area contributed by atoms with Crippen LogP contribution in [-0.2, 0) is 13.5 Å². The molecule has 0 radical (unpaired) electrons. The van der Waals surface area contributed by atoms with Crippen LogP contribution in [0.5, 0.6) is 0 Å². The van der Waals surface area contributed by atoms with E-state index in [4.69, 9.17) is 5.26 Å². The van der Waals surface area contributed by atoms with Gasteiger partial charge < -0.3 is 9.88 Å². The molecule has 6 nitrogen and oxygen atoms in total. The number of pyridine rings is 1. The van der Waals surface area contributed by atoms with Gasteiger partial charge in [0.15, 0.2) is 5.69 Å². The number of hydrogen-bond donors (Lipinski definition) is 1. The minimum absolute atomic E-state index is 0.408. The summed E-state index contributed by atoms with van der Waals surface area (Å²) in [7, 11) is 1.90. The first-order valence-electron chi connectivity index (χ1n) is 5.23. The highest BCUT2D eigenvalue weighted by Gasteiger charge is 2.03. The van der Waals surface area contributed by atoms with Gasteiger partial charge in [-0.3, -0.25) is 0 Å². The minimum Gasteiger partial charge on any atom is -0.382 e. The molecule has 17 heavy (non-hydrogen) atoms. The lowest BCUT2D eigenvalue weighted by atomic mass is 10.3. The fraction of sp³-hybridized carbons (Fsp3) is 0.273. The zero-order valence-electron chi connectivity index (χ0n) is 9.46. The number of aromatic nitrogens is 4. The van der Waals surface area contributed by atoms with Crippen LogP contribution in [0.25, 0.3) is 0 Å². The summed E-state index contributed by atoms with van der Waals surface area (Å²) in [5, 5.41) is 19.8. The van der Waals surface area contributed by atoms with Crippen molar-refractivity contribution in [1.29, 1.82) is 5.26 Å². The third-order valence-electron chi connectivity index (χ3n) is 2.38. The highest BCUT2D eigenvalue weighted by molar-refractivity contribution is 5.53. The normalized spacial score (nSPS) is 9.88. The Morgan fingerprint density at radius 3 is 3.12 bits per heavy atom. The highest BCUT2D eigenvalue weighted by Crippen LogP contribution is 2.10. The van der Waals surface area contributed by atoms with E-state index < -0.39 is 0 Å². The Balaban J connectivity index is 1.95. The van der Waals surface area contributed by atoms with E-state index in [9.17, 15) is 0 Å². The molecular weight excluding hydrogens is 216 g/mol. The topological polar surface area (TPSA) is 79.4 Å². The zero-order valence-corrected chi connectivity index (χ0v) is 9.46. The maximum absolute atomic E-state index is 8.87. The van der Waals surface area contributed by atoms with E-state index in [1.807, 2.05) is 23.8 Å². The molecule has 2 aromatic heterocycles. The Kier molecular flexibility index (Phi) is 3.31. The second kappa shape index (κ2) is 5.07. The van der Waals surface area contributed by atoms with Gasteiger partial charge in [-0.25, -0.2) is 4.98 Å². The molecule has 0 aliphatic rings. The van der Waals surface area contributed by atoms with Crippen molar-refractivity contribution in [2.45, 2.75) is 6.42 Å². The summed E-state index contributed by atoms with van der Waals surface area (Å²) in [5.41, 5.74) is 1.16. The highest BCUT2D eigenvalue weighted by atomic mass is 15.2. The molecule has 2 rings (SSSR count). The first kappa shape index (κ1) is 11.1. The second-order valence-corrected chi connectivity index (χ2v) is 3.55. The minimum atomic E-state index is 0.408. The number of aryl methyl sites for hydroxylation is 1. The van der Waals surface area contributed by atoms with Crippen molar-refractivity contribution < 1.29 is 0 Å². The smallest absolute Gasteiger partial charge is 0.163 e. The lowest BCUT2D eigenvalue weighted by molar-refractivity contribution is 0.788. The third-order valence-corrected chi connectivity index (χ3v) is 2.38. The van der Waals surface area contributed by atoms with Gasteiger partial charge in [0.05, 0.1) is 5.69 Å². The Hall–Kier alpha value is -2.42. The molecule has 0 fully saturated rings. The predicted octanol–water partition coefficient (Wildman–Crippen LogP) is 0.736. The molecular formula is C11H12N6. The van der Waals surface area contributed by atoms with E-state index in [-0.39, 0.29) is 0 Å². The van der Waals surface area contributed by atoms with Crippen LogP contribution in [0.1, 0.15) is 11.5 Å². The molecule has 0 aromatic carbocycles. The van der Waals surface area contributed by atoms with Crippen LogP contribution in [0.15, 0.2) is 24.7 Å². The third kappa shape index (κ3) is 2.58. The molecule has 0 saturated heterocycles. The first-order valence-corrected chi connectivity index (χ1v) is 5.23. The number of anilines is 1. The summed E-state index contributed by atoms with van der Waals surface area (Å²) >= 11 is 0. The molecule has 6 heteroatoms. The van der Waals surface area contributed by atoms with Gasteiger partial charge in [-0.1, -0.05) is 0 Å². The molecule has 0 unspecified atom stereocenters. The van der Waals surface area contributed by atoms with Crippen molar-refractivity contribution in [1.82, 2.24) is 19.7 Å². The Morgan fingerprint density at radius 1 is 1.53 bits per heavy atom. The van der Waals surface area contributed by atoms with E-state index in [1.165, 1.54) is 0 Å². The number of nitriles is 1. The van der Waals surface area contributed by atoms with E-state index in [0.717, 1.165) is 17.9 Å². The van der Waals surface area contributed by atoms with Crippen LogP contribution >= 0.6 is 0 Å². The lowest BCUT2D eigenvalue weighted by Gasteiger charge is -2.06. The average molecular weight is 228 g/mol. The van der Waals surface area contributed by atoms with Crippen LogP contribution in [0.4, 0.5) is 5.69 Å². The Morgan fingerprint density at radius 2 is 2.41 bits per heavy atom. The van der Waals surface area contributed by atoms with Crippen molar-refractivity contribution in [3.8, 4) is 6.07 Å². The predicted molar refractivity (Wildman–Crippen MR) is 62.1 cm³/mol. The summed E-state index contributed by atoms with van der Waals surface area (Å²) in [5.74, 6) is 0.903. The van der Waals surface area contributed by atoms with Crippen LogP contribution in [0.2, 0.25) is 0 Å². The van der Waals surface area contributed by atoms with Gasteiger partial charge in [0, 0.05) is 26.2 Å². The van der Waals surface area contributed by atoms with Gasteiger partial charge in [0.25, 0.3) is 0 Å². The van der Waals surface area contributed by atoms with Gasteiger partial charge in [-0.2, -0.15) is 5.26 Å². The van der Waals surface area contributed by atoms with Crippen LogP contribution in [-0.4, -0.2) is 26.3 Å². The summed E-state index contributed by atoms with van der Waals surface area (Å²) in [6, 6.07) is 5.68. The standard InChI is InChI=1S/C11H12N6/c1-17-8-15-16-11(17)4-6-14-9-3-2-5-13-10(9)7-12/h2-3,5,8,14H,4,6H2,1H3. The summed E-state index contributed by atoms with van der Waals surface area (Å²) in [4.78, 5) is 3.97. The van der Waals surface area contributed by atoms with Crippen LogP contribution < -0.4 is 5.32 Å². The fourth-order valence-electron chi connectivity index (χ4n) is 1.48.